The van der Waals surface area contributed by atoms with Gasteiger partial charge in [0.2, 0.25) is 0 Å². The van der Waals surface area contributed by atoms with Gasteiger partial charge >= 0.3 is 5.97 Å². The molecule has 1 aliphatic rings. The van der Waals surface area contributed by atoms with Gasteiger partial charge in [-0.2, -0.15) is 0 Å². The summed E-state index contributed by atoms with van der Waals surface area (Å²) in [4.78, 5) is 11.9. The van der Waals surface area contributed by atoms with Crippen LogP contribution in [0.2, 0.25) is 0 Å². The predicted molar refractivity (Wildman–Crippen MR) is 88.1 cm³/mol. The molecule has 0 saturated carbocycles. The lowest BCUT2D eigenvalue weighted by atomic mass is 10.0. The number of hydrogen-bond donors (Lipinski definition) is 1. The van der Waals surface area contributed by atoms with E-state index in [9.17, 15) is 4.79 Å². The Bertz CT molecular complexity index is 941. The van der Waals surface area contributed by atoms with Crippen LogP contribution in [0.1, 0.15) is 21.5 Å². The topological polar surface area (TPSA) is 52.3 Å². The van der Waals surface area contributed by atoms with Gasteiger partial charge < -0.3 is 10.5 Å². The summed E-state index contributed by atoms with van der Waals surface area (Å²) in [5, 5.41) is 2.14. The number of ether oxygens (including phenoxy) is 1. The minimum Gasteiger partial charge on any atom is -0.422 e. The SMILES string of the molecule is Nc1ccc2ccccc2c1/C=C1/OC(=O)c2ccccc21. The molecule has 106 valence electrons. The highest BCUT2D eigenvalue weighted by molar-refractivity contribution is 6.08. The van der Waals surface area contributed by atoms with Crippen molar-refractivity contribution < 1.29 is 9.53 Å². The number of carbonyl (C=O) groups excluding carboxylic acids is 1. The molecule has 0 fully saturated rings. The number of esters is 1. The molecule has 0 amide bonds. The molecule has 0 aliphatic carbocycles. The summed E-state index contributed by atoms with van der Waals surface area (Å²) >= 11 is 0. The number of benzene rings is 3. The number of carbonyl (C=O) groups is 1. The van der Waals surface area contributed by atoms with Crippen molar-refractivity contribution in [3.8, 4) is 0 Å². The highest BCUT2D eigenvalue weighted by Gasteiger charge is 2.25. The number of anilines is 1. The third-order valence-corrected chi connectivity index (χ3v) is 3.89. The summed E-state index contributed by atoms with van der Waals surface area (Å²) in [6.45, 7) is 0. The van der Waals surface area contributed by atoms with Crippen molar-refractivity contribution in [1.29, 1.82) is 0 Å². The molecule has 3 heteroatoms. The zero-order valence-corrected chi connectivity index (χ0v) is 11.7. The molecule has 0 radical (unpaired) electrons. The minimum absolute atomic E-state index is 0.319. The average Bonchev–Trinajstić information content (AvgIpc) is 2.87. The second-order valence-electron chi connectivity index (χ2n) is 5.23. The van der Waals surface area contributed by atoms with Crippen molar-refractivity contribution >= 4 is 34.3 Å². The van der Waals surface area contributed by atoms with Crippen molar-refractivity contribution in [2.24, 2.45) is 0 Å². The summed E-state index contributed by atoms with van der Waals surface area (Å²) in [6, 6.07) is 19.2. The second kappa shape index (κ2) is 4.74. The Morgan fingerprint density at radius 1 is 0.864 bits per heavy atom. The quantitative estimate of drug-likeness (QED) is 0.541. The van der Waals surface area contributed by atoms with E-state index in [4.69, 9.17) is 10.5 Å². The molecular weight excluding hydrogens is 274 g/mol. The van der Waals surface area contributed by atoms with Crippen LogP contribution in [0.4, 0.5) is 5.69 Å². The number of nitrogens with two attached hydrogens (primary N) is 1. The fraction of sp³-hybridized carbons (Fsp3) is 0. The Morgan fingerprint density at radius 3 is 2.45 bits per heavy atom. The standard InChI is InChI=1S/C19H13NO2/c20-17-10-9-12-5-1-2-6-13(12)16(17)11-18-14-7-3-4-8-15(14)19(21)22-18/h1-11H,20H2/b18-11+. The minimum atomic E-state index is -0.319. The molecule has 0 spiro atoms. The number of fused-ring (bicyclic) bond motifs is 2. The van der Waals surface area contributed by atoms with Crippen molar-refractivity contribution in [3.63, 3.8) is 0 Å². The lowest BCUT2D eigenvalue weighted by molar-refractivity contribution is 0.0717. The molecule has 0 bridgehead atoms. The van der Waals surface area contributed by atoms with E-state index >= 15 is 0 Å². The number of cyclic esters (lactones) is 1. The maximum Gasteiger partial charge on any atom is 0.344 e. The highest BCUT2D eigenvalue weighted by atomic mass is 16.5. The molecule has 4 rings (SSSR count). The van der Waals surface area contributed by atoms with E-state index in [-0.39, 0.29) is 5.97 Å². The molecular formula is C19H13NO2. The largest absolute Gasteiger partial charge is 0.422 e. The van der Waals surface area contributed by atoms with Gasteiger partial charge in [0.25, 0.3) is 0 Å². The molecule has 22 heavy (non-hydrogen) atoms. The van der Waals surface area contributed by atoms with E-state index in [0.717, 1.165) is 21.9 Å². The van der Waals surface area contributed by atoms with Crippen LogP contribution in [0.15, 0.2) is 60.7 Å². The van der Waals surface area contributed by atoms with E-state index in [1.54, 1.807) is 6.07 Å². The monoisotopic (exact) mass is 287 g/mol. The van der Waals surface area contributed by atoms with Crippen LogP contribution >= 0.6 is 0 Å². The summed E-state index contributed by atoms with van der Waals surface area (Å²) in [7, 11) is 0. The van der Waals surface area contributed by atoms with Crippen LogP contribution in [-0.4, -0.2) is 5.97 Å². The fourth-order valence-corrected chi connectivity index (χ4v) is 2.80. The van der Waals surface area contributed by atoms with Crippen LogP contribution in [0.25, 0.3) is 22.6 Å². The van der Waals surface area contributed by atoms with E-state index in [1.807, 2.05) is 60.7 Å². The van der Waals surface area contributed by atoms with E-state index in [2.05, 4.69) is 0 Å². The Labute approximate surface area is 127 Å². The Balaban J connectivity index is 1.95. The van der Waals surface area contributed by atoms with Gasteiger partial charge in [-0.15, -0.1) is 0 Å². The first kappa shape index (κ1) is 12.7. The number of nitrogen functional groups attached to an aromatic ring is 1. The van der Waals surface area contributed by atoms with Gasteiger partial charge in [-0.1, -0.05) is 48.5 Å². The van der Waals surface area contributed by atoms with Gasteiger partial charge in [0.15, 0.2) is 0 Å². The molecule has 3 aromatic carbocycles. The van der Waals surface area contributed by atoms with Crippen LogP contribution in [0.3, 0.4) is 0 Å². The Hall–Kier alpha value is -3.07. The Kier molecular flexibility index (Phi) is 2.73. The zero-order valence-electron chi connectivity index (χ0n) is 11.7. The van der Waals surface area contributed by atoms with E-state index in [0.29, 0.717) is 17.0 Å². The molecule has 0 aromatic heterocycles. The molecule has 1 aliphatic heterocycles. The number of rotatable bonds is 1. The van der Waals surface area contributed by atoms with E-state index in [1.165, 1.54) is 0 Å². The van der Waals surface area contributed by atoms with Gasteiger partial charge in [-0.05, 0) is 29.0 Å². The first-order chi connectivity index (χ1) is 10.7. The maximum absolute atomic E-state index is 11.9. The van der Waals surface area contributed by atoms with Gasteiger partial charge in [0, 0.05) is 16.8 Å². The van der Waals surface area contributed by atoms with Gasteiger partial charge in [0.05, 0.1) is 5.56 Å². The van der Waals surface area contributed by atoms with Crippen LogP contribution in [-0.2, 0) is 4.74 Å². The third kappa shape index (κ3) is 1.87. The maximum atomic E-state index is 11.9. The van der Waals surface area contributed by atoms with Crippen LogP contribution in [0.5, 0.6) is 0 Å². The molecule has 3 nitrogen and oxygen atoms in total. The zero-order chi connectivity index (χ0) is 15.1. The van der Waals surface area contributed by atoms with Crippen LogP contribution < -0.4 is 5.73 Å². The Morgan fingerprint density at radius 2 is 1.59 bits per heavy atom. The number of hydrogen-bond acceptors (Lipinski definition) is 3. The van der Waals surface area contributed by atoms with Crippen LogP contribution in [0, 0.1) is 0 Å². The highest BCUT2D eigenvalue weighted by Crippen LogP contribution is 2.34. The summed E-state index contributed by atoms with van der Waals surface area (Å²) in [5.41, 5.74) is 9.06. The smallest absolute Gasteiger partial charge is 0.344 e. The molecule has 0 atom stereocenters. The molecule has 0 unspecified atom stereocenters. The molecule has 2 N–H and O–H groups in total. The third-order valence-electron chi connectivity index (χ3n) is 3.89. The lowest BCUT2D eigenvalue weighted by Gasteiger charge is -2.07. The normalized spacial score (nSPS) is 15.1. The first-order valence-corrected chi connectivity index (χ1v) is 7.04. The molecule has 1 heterocycles. The van der Waals surface area contributed by atoms with Crippen molar-refractivity contribution in [2.45, 2.75) is 0 Å². The lowest BCUT2D eigenvalue weighted by Crippen LogP contribution is -1.93. The predicted octanol–water partition coefficient (Wildman–Crippen LogP) is 4.09. The summed E-state index contributed by atoms with van der Waals surface area (Å²) in [6.07, 6.45) is 1.85. The average molecular weight is 287 g/mol. The van der Waals surface area contributed by atoms with Gasteiger partial charge in [-0.3, -0.25) is 0 Å². The van der Waals surface area contributed by atoms with Crippen molar-refractivity contribution in [3.05, 3.63) is 77.4 Å². The second-order valence-corrected chi connectivity index (χ2v) is 5.23. The summed E-state index contributed by atoms with van der Waals surface area (Å²) < 4.78 is 5.41. The van der Waals surface area contributed by atoms with Gasteiger partial charge in [-0.25, -0.2) is 4.79 Å². The van der Waals surface area contributed by atoms with E-state index < -0.39 is 0 Å². The first-order valence-electron chi connectivity index (χ1n) is 7.04. The summed E-state index contributed by atoms with van der Waals surface area (Å²) in [5.74, 6) is 0.226. The van der Waals surface area contributed by atoms with Crippen molar-refractivity contribution in [1.82, 2.24) is 0 Å². The van der Waals surface area contributed by atoms with Gasteiger partial charge in [0.1, 0.15) is 5.76 Å². The van der Waals surface area contributed by atoms with Crippen molar-refractivity contribution in [2.75, 3.05) is 5.73 Å². The fourth-order valence-electron chi connectivity index (χ4n) is 2.80. The molecule has 3 aromatic rings. The molecule has 0 saturated heterocycles.